The molecular formula is C19H21ClF2N2O3. The van der Waals surface area contributed by atoms with Crippen LogP contribution < -0.4 is 10.6 Å². The number of aliphatic hydroxyl groups is 1. The van der Waals surface area contributed by atoms with Gasteiger partial charge in [-0.1, -0.05) is 23.7 Å². The molecule has 0 amide bonds. The molecule has 2 aromatic carbocycles. The van der Waals surface area contributed by atoms with E-state index in [0.29, 0.717) is 17.1 Å². The lowest BCUT2D eigenvalue weighted by Crippen LogP contribution is -2.35. The standard InChI is InChI=1S/C19H21ClF2N2O3/c1-11(23-10-18(25)12-3-2-4-13(20)5-12)9-24-14-6-16(21)15(8-19(26)27)17(22)7-14/h2-7,11,18,23-25H,8-10H2,1H3,(H,26,27). The van der Waals surface area contributed by atoms with E-state index >= 15 is 0 Å². The van der Waals surface area contributed by atoms with Crippen LogP contribution in [0.5, 0.6) is 0 Å². The quantitative estimate of drug-likeness (QED) is 0.520. The summed E-state index contributed by atoms with van der Waals surface area (Å²) in [6, 6.07) is 8.94. The van der Waals surface area contributed by atoms with Gasteiger partial charge in [0.05, 0.1) is 12.5 Å². The number of carbonyl (C=O) groups is 1. The highest BCUT2D eigenvalue weighted by atomic mass is 35.5. The molecule has 0 saturated heterocycles. The maximum absolute atomic E-state index is 13.9. The van der Waals surface area contributed by atoms with Crippen molar-refractivity contribution in [1.82, 2.24) is 5.32 Å². The number of benzene rings is 2. The average Bonchev–Trinajstić information content (AvgIpc) is 2.60. The average molecular weight is 399 g/mol. The highest BCUT2D eigenvalue weighted by molar-refractivity contribution is 6.30. The summed E-state index contributed by atoms with van der Waals surface area (Å²) < 4.78 is 27.7. The fourth-order valence-electron chi connectivity index (χ4n) is 2.51. The van der Waals surface area contributed by atoms with Crippen LogP contribution in [0, 0.1) is 11.6 Å². The number of hydrogen-bond donors (Lipinski definition) is 4. The number of anilines is 1. The molecule has 8 heteroatoms. The Labute approximate surface area is 161 Å². The Bertz CT molecular complexity index is 781. The monoisotopic (exact) mass is 398 g/mol. The minimum Gasteiger partial charge on any atom is -0.481 e. The third-order valence-corrected chi connectivity index (χ3v) is 4.21. The maximum atomic E-state index is 13.9. The van der Waals surface area contributed by atoms with Crippen molar-refractivity contribution in [1.29, 1.82) is 0 Å². The van der Waals surface area contributed by atoms with Crippen molar-refractivity contribution in [2.75, 3.05) is 18.4 Å². The fraction of sp³-hybridized carbons (Fsp3) is 0.316. The molecule has 0 bridgehead atoms. The van der Waals surface area contributed by atoms with Crippen molar-refractivity contribution >= 4 is 23.3 Å². The van der Waals surface area contributed by atoms with Crippen LogP contribution in [0.1, 0.15) is 24.2 Å². The first-order valence-corrected chi connectivity index (χ1v) is 8.74. The number of carboxylic acids is 1. The number of rotatable bonds is 9. The summed E-state index contributed by atoms with van der Waals surface area (Å²) in [5.74, 6) is -3.11. The molecule has 0 aromatic heterocycles. The number of aliphatic hydroxyl groups excluding tert-OH is 1. The second-order valence-electron chi connectivity index (χ2n) is 6.25. The molecule has 0 spiro atoms. The van der Waals surface area contributed by atoms with Crippen LogP contribution >= 0.6 is 11.6 Å². The number of aliphatic carboxylic acids is 1. The van der Waals surface area contributed by atoms with Gasteiger partial charge < -0.3 is 20.8 Å². The summed E-state index contributed by atoms with van der Waals surface area (Å²) in [7, 11) is 0. The molecule has 4 N–H and O–H groups in total. The van der Waals surface area contributed by atoms with Gasteiger partial charge in [0.1, 0.15) is 11.6 Å². The molecule has 2 rings (SSSR count). The first kappa shape index (κ1) is 21.1. The van der Waals surface area contributed by atoms with Crippen LogP contribution in [-0.4, -0.2) is 35.3 Å². The van der Waals surface area contributed by atoms with Crippen molar-refractivity contribution in [3.8, 4) is 0 Å². The van der Waals surface area contributed by atoms with Gasteiger partial charge in [0, 0.05) is 35.4 Å². The van der Waals surface area contributed by atoms with Gasteiger partial charge in [0.2, 0.25) is 0 Å². The van der Waals surface area contributed by atoms with Gasteiger partial charge in [-0.2, -0.15) is 0 Å². The summed E-state index contributed by atoms with van der Waals surface area (Å²) in [5.41, 5.74) is 0.431. The van der Waals surface area contributed by atoms with Gasteiger partial charge in [0.15, 0.2) is 0 Å². The lowest BCUT2D eigenvalue weighted by Gasteiger charge is -2.19. The fourth-order valence-corrected chi connectivity index (χ4v) is 2.71. The molecule has 0 fully saturated rings. The van der Waals surface area contributed by atoms with Crippen molar-refractivity contribution < 1.29 is 23.8 Å². The summed E-state index contributed by atoms with van der Waals surface area (Å²) in [5, 5.41) is 25.4. The molecule has 2 aromatic rings. The van der Waals surface area contributed by atoms with E-state index in [2.05, 4.69) is 10.6 Å². The van der Waals surface area contributed by atoms with Crippen molar-refractivity contribution in [3.05, 3.63) is 64.2 Å². The molecule has 0 aliphatic heterocycles. The zero-order chi connectivity index (χ0) is 20.0. The van der Waals surface area contributed by atoms with E-state index in [-0.39, 0.29) is 18.3 Å². The number of hydrogen-bond acceptors (Lipinski definition) is 4. The molecule has 146 valence electrons. The molecule has 27 heavy (non-hydrogen) atoms. The van der Waals surface area contributed by atoms with E-state index in [1.165, 1.54) is 0 Å². The third-order valence-electron chi connectivity index (χ3n) is 3.97. The van der Waals surface area contributed by atoms with Crippen LogP contribution in [0.25, 0.3) is 0 Å². The van der Waals surface area contributed by atoms with E-state index in [1.807, 2.05) is 6.92 Å². The van der Waals surface area contributed by atoms with Gasteiger partial charge in [-0.05, 0) is 36.8 Å². The maximum Gasteiger partial charge on any atom is 0.308 e. The predicted octanol–water partition coefficient (Wildman–Crippen LogP) is 3.37. The Balaban J connectivity index is 1.86. The largest absolute Gasteiger partial charge is 0.481 e. The van der Waals surface area contributed by atoms with Crippen molar-refractivity contribution in [3.63, 3.8) is 0 Å². The summed E-state index contributed by atoms with van der Waals surface area (Å²) >= 11 is 5.90. The minimum atomic E-state index is -1.30. The lowest BCUT2D eigenvalue weighted by molar-refractivity contribution is -0.136. The lowest BCUT2D eigenvalue weighted by atomic mass is 10.1. The van der Waals surface area contributed by atoms with Crippen LogP contribution in [0.4, 0.5) is 14.5 Å². The van der Waals surface area contributed by atoms with E-state index in [0.717, 1.165) is 12.1 Å². The molecule has 2 unspecified atom stereocenters. The molecule has 0 heterocycles. The Kier molecular flexibility index (Phi) is 7.53. The minimum absolute atomic E-state index is 0.108. The van der Waals surface area contributed by atoms with Gasteiger partial charge in [-0.25, -0.2) is 8.78 Å². The number of carboxylic acid groups (broad SMARTS) is 1. The second kappa shape index (κ2) is 9.64. The summed E-state index contributed by atoms with van der Waals surface area (Å²) in [4.78, 5) is 10.6. The summed E-state index contributed by atoms with van der Waals surface area (Å²) in [6.07, 6.45) is -1.45. The molecular weight excluding hydrogens is 378 g/mol. The molecule has 0 aliphatic carbocycles. The first-order chi connectivity index (χ1) is 12.8. The topological polar surface area (TPSA) is 81.6 Å². The van der Waals surface area contributed by atoms with Crippen LogP contribution in [0.3, 0.4) is 0 Å². The van der Waals surface area contributed by atoms with E-state index < -0.39 is 35.7 Å². The normalized spacial score (nSPS) is 13.2. The first-order valence-electron chi connectivity index (χ1n) is 8.36. The van der Waals surface area contributed by atoms with Gasteiger partial charge >= 0.3 is 5.97 Å². The van der Waals surface area contributed by atoms with Crippen LogP contribution in [0.15, 0.2) is 36.4 Å². The van der Waals surface area contributed by atoms with Gasteiger partial charge in [-0.15, -0.1) is 0 Å². The Morgan fingerprint density at radius 2 is 1.85 bits per heavy atom. The molecule has 2 atom stereocenters. The van der Waals surface area contributed by atoms with E-state index in [9.17, 15) is 18.7 Å². The predicted molar refractivity (Wildman–Crippen MR) is 100 cm³/mol. The second-order valence-corrected chi connectivity index (χ2v) is 6.69. The van der Waals surface area contributed by atoms with Gasteiger partial charge in [-0.3, -0.25) is 4.79 Å². The number of nitrogens with one attached hydrogen (secondary N) is 2. The van der Waals surface area contributed by atoms with Crippen LogP contribution in [0.2, 0.25) is 5.02 Å². The SMILES string of the molecule is CC(CNc1cc(F)c(CC(=O)O)c(F)c1)NCC(O)c1cccc(Cl)c1. The highest BCUT2D eigenvalue weighted by Gasteiger charge is 2.15. The van der Waals surface area contributed by atoms with Gasteiger partial charge in [0.25, 0.3) is 0 Å². The Hall–Kier alpha value is -2.22. The van der Waals surface area contributed by atoms with E-state index in [4.69, 9.17) is 16.7 Å². The highest BCUT2D eigenvalue weighted by Crippen LogP contribution is 2.20. The third kappa shape index (κ3) is 6.46. The zero-order valence-electron chi connectivity index (χ0n) is 14.7. The Morgan fingerprint density at radius 3 is 2.44 bits per heavy atom. The Morgan fingerprint density at radius 1 is 1.19 bits per heavy atom. The van der Waals surface area contributed by atoms with Crippen molar-refractivity contribution in [2.45, 2.75) is 25.5 Å². The van der Waals surface area contributed by atoms with Crippen LogP contribution in [-0.2, 0) is 11.2 Å². The number of halogens is 3. The smallest absolute Gasteiger partial charge is 0.308 e. The molecule has 0 radical (unpaired) electrons. The zero-order valence-corrected chi connectivity index (χ0v) is 15.4. The molecule has 0 saturated carbocycles. The molecule has 5 nitrogen and oxygen atoms in total. The van der Waals surface area contributed by atoms with Crippen molar-refractivity contribution in [2.24, 2.45) is 0 Å². The summed E-state index contributed by atoms with van der Waals surface area (Å²) in [6.45, 7) is 2.48. The molecule has 0 aliphatic rings. The van der Waals surface area contributed by atoms with E-state index in [1.54, 1.807) is 24.3 Å².